The summed E-state index contributed by atoms with van der Waals surface area (Å²) in [4.78, 5) is 13.7. The first-order valence-corrected chi connectivity index (χ1v) is 6.13. The minimum atomic E-state index is -0.254. The van der Waals surface area contributed by atoms with E-state index in [9.17, 15) is 4.79 Å². The maximum Gasteiger partial charge on any atom is 0.238 e. The summed E-state index contributed by atoms with van der Waals surface area (Å²) in [5.74, 6) is -0.254. The number of anilines is 1. The zero-order chi connectivity index (χ0) is 13.1. The van der Waals surface area contributed by atoms with Crippen LogP contribution in [0.3, 0.4) is 0 Å². The van der Waals surface area contributed by atoms with Gasteiger partial charge >= 0.3 is 0 Å². The Morgan fingerprint density at radius 3 is 2.83 bits per heavy atom. The summed E-state index contributed by atoms with van der Waals surface area (Å²) in [5, 5.41) is 11.2. The fraction of sp³-hybridized carbons (Fsp3) is 0.429. The SMILES string of the molecule is CC(C)N1Cc2ccc(NC(=O)CC#N)cc2C1. The van der Waals surface area contributed by atoms with Crippen LogP contribution in [0.1, 0.15) is 31.4 Å². The molecule has 0 bridgehead atoms. The molecule has 94 valence electrons. The summed E-state index contributed by atoms with van der Waals surface area (Å²) in [6.45, 7) is 6.26. The molecular weight excluding hydrogens is 226 g/mol. The van der Waals surface area contributed by atoms with Gasteiger partial charge < -0.3 is 5.32 Å². The van der Waals surface area contributed by atoms with E-state index in [1.165, 1.54) is 11.1 Å². The van der Waals surface area contributed by atoms with Gasteiger partial charge in [0.05, 0.1) is 6.07 Å². The molecule has 4 heteroatoms. The molecule has 0 unspecified atom stereocenters. The van der Waals surface area contributed by atoms with Gasteiger partial charge in [0.25, 0.3) is 0 Å². The molecule has 0 saturated heterocycles. The number of nitriles is 1. The second-order valence-electron chi connectivity index (χ2n) is 4.87. The summed E-state index contributed by atoms with van der Waals surface area (Å²) in [6, 6.07) is 8.33. The van der Waals surface area contributed by atoms with Crippen LogP contribution in [-0.4, -0.2) is 16.8 Å². The van der Waals surface area contributed by atoms with Crippen LogP contribution >= 0.6 is 0 Å². The summed E-state index contributed by atoms with van der Waals surface area (Å²) in [6.07, 6.45) is -0.102. The van der Waals surface area contributed by atoms with Crippen LogP contribution < -0.4 is 5.32 Å². The predicted molar refractivity (Wildman–Crippen MR) is 69.7 cm³/mol. The molecule has 1 N–H and O–H groups in total. The zero-order valence-corrected chi connectivity index (χ0v) is 10.7. The molecule has 1 aliphatic heterocycles. The summed E-state index contributed by atoms with van der Waals surface area (Å²) < 4.78 is 0. The third-order valence-corrected chi connectivity index (χ3v) is 3.21. The molecular formula is C14H17N3O. The molecule has 0 radical (unpaired) electrons. The molecule has 1 aliphatic rings. The van der Waals surface area contributed by atoms with Crippen molar-refractivity contribution >= 4 is 11.6 Å². The Morgan fingerprint density at radius 1 is 1.44 bits per heavy atom. The molecule has 0 spiro atoms. The number of benzene rings is 1. The molecule has 0 aliphatic carbocycles. The average Bonchev–Trinajstić information content (AvgIpc) is 2.72. The van der Waals surface area contributed by atoms with Crippen LogP contribution in [0.15, 0.2) is 18.2 Å². The maximum atomic E-state index is 11.3. The van der Waals surface area contributed by atoms with Gasteiger partial charge in [0.1, 0.15) is 6.42 Å². The van der Waals surface area contributed by atoms with Crippen LogP contribution in [0, 0.1) is 11.3 Å². The topological polar surface area (TPSA) is 56.1 Å². The quantitative estimate of drug-likeness (QED) is 0.886. The van der Waals surface area contributed by atoms with Gasteiger partial charge in [-0.1, -0.05) is 6.07 Å². The van der Waals surface area contributed by atoms with Crippen LogP contribution in [0.25, 0.3) is 0 Å². The van der Waals surface area contributed by atoms with Crippen LogP contribution in [0.5, 0.6) is 0 Å². The van der Waals surface area contributed by atoms with Gasteiger partial charge in [-0.2, -0.15) is 5.26 Å². The summed E-state index contributed by atoms with van der Waals surface area (Å²) >= 11 is 0. The van der Waals surface area contributed by atoms with E-state index < -0.39 is 0 Å². The standard InChI is InChI=1S/C14H17N3O/c1-10(2)17-8-11-3-4-13(7-12(11)9-17)16-14(18)5-6-15/h3-4,7,10H,5,8-9H2,1-2H3,(H,16,18). The highest BCUT2D eigenvalue weighted by molar-refractivity contribution is 5.92. The fourth-order valence-electron chi connectivity index (χ4n) is 2.14. The first-order valence-electron chi connectivity index (χ1n) is 6.13. The zero-order valence-electron chi connectivity index (χ0n) is 10.7. The lowest BCUT2D eigenvalue weighted by Gasteiger charge is -2.18. The molecule has 0 fully saturated rings. The third kappa shape index (κ3) is 2.69. The number of carbonyl (C=O) groups is 1. The Morgan fingerprint density at radius 2 is 2.17 bits per heavy atom. The number of nitrogens with zero attached hydrogens (tertiary/aromatic N) is 2. The van der Waals surface area contributed by atoms with Gasteiger partial charge in [-0.15, -0.1) is 0 Å². The number of hydrogen-bond acceptors (Lipinski definition) is 3. The highest BCUT2D eigenvalue weighted by atomic mass is 16.1. The van der Waals surface area contributed by atoms with Gasteiger partial charge in [-0.25, -0.2) is 0 Å². The average molecular weight is 243 g/mol. The van der Waals surface area contributed by atoms with Gasteiger partial charge in [-0.05, 0) is 37.1 Å². The van der Waals surface area contributed by atoms with Crippen molar-refractivity contribution in [2.24, 2.45) is 0 Å². The molecule has 1 aromatic carbocycles. The minimum absolute atomic E-state index is 0.102. The molecule has 1 amide bonds. The predicted octanol–water partition coefficient (Wildman–Crippen LogP) is 2.26. The molecule has 2 rings (SSSR count). The molecule has 4 nitrogen and oxygen atoms in total. The van der Waals surface area contributed by atoms with Crippen molar-refractivity contribution in [3.63, 3.8) is 0 Å². The number of carbonyl (C=O) groups excluding carboxylic acids is 1. The third-order valence-electron chi connectivity index (χ3n) is 3.21. The summed E-state index contributed by atoms with van der Waals surface area (Å²) in [7, 11) is 0. The van der Waals surface area contributed by atoms with E-state index in [-0.39, 0.29) is 12.3 Å². The number of amides is 1. The van der Waals surface area contributed by atoms with Crippen molar-refractivity contribution < 1.29 is 4.79 Å². The largest absolute Gasteiger partial charge is 0.325 e. The molecule has 0 atom stereocenters. The Labute approximate surface area is 107 Å². The normalized spacial score (nSPS) is 14.3. The smallest absolute Gasteiger partial charge is 0.238 e. The lowest BCUT2D eigenvalue weighted by atomic mass is 10.1. The maximum absolute atomic E-state index is 11.3. The molecule has 1 heterocycles. The van der Waals surface area contributed by atoms with Gasteiger partial charge in [-0.3, -0.25) is 9.69 Å². The lowest BCUT2D eigenvalue weighted by molar-refractivity contribution is -0.115. The van der Waals surface area contributed by atoms with E-state index >= 15 is 0 Å². The molecule has 0 saturated carbocycles. The first kappa shape index (κ1) is 12.6. The van der Waals surface area contributed by atoms with Crippen molar-refractivity contribution in [3.05, 3.63) is 29.3 Å². The van der Waals surface area contributed by atoms with Crippen LogP contribution in [-0.2, 0) is 17.9 Å². The van der Waals surface area contributed by atoms with E-state index in [4.69, 9.17) is 5.26 Å². The van der Waals surface area contributed by atoms with E-state index in [0.717, 1.165) is 18.8 Å². The lowest BCUT2D eigenvalue weighted by Crippen LogP contribution is -2.24. The van der Waals surface area contributed by atoms with Crippen LogP contribution in [0.2, 0.25) is 0 Å². The van der Waals surface area contributed by atoms with Gasteiger partial charge in [0, 0.05) is 24.8 Å². The van der Waals surface area contributed by atoms with Crippen molar-refractivity contribution in [1.82, 2.24) is 4.90 Å². The monoisotopic (exact) mass is 243 g/mol. The van der Waals surface area contributed by atoms with Crippen LogP contribution in [0.4, 0.5) is 5.69 Å². The van der Waals surface area contributed by atoms with Gasteiger partial charge in [0.2, 0.25) is 5.91 Å². The number of nitrogens with one attached hydrogen (secondary N) is 1. The highest BCUT2D eigenvalue weighted by Crippen LogP contribution is 2.27. The summed E-state index contributed by atoms with van der Waals surface area (Å²) in [5.41, 5.74) is 3.36. The van der Waals surface area contributed by atoms with E-state index in [1.54, 1.807) is 0 Å². The number of hydrogen-bond donors (Lipinski definition) is 1. The van der Waals surface area contributed by atoms with E-state index in [1.807, 2.05) is 18.2 Å². The molecule has 0 aromatic heterocycles. The highest BCUT2D eigenvalue weighted by Gasteiger charge is 2.21. The fourth-order valence-corrected chi connectivity index (χ4v) is 2.14. The van der Waals surface area contributed by atoms with Crippen molar-refractivity contribution in [2.45, 2.75) is 39.4 Å². The number of fused-ring (bicyclic) bond motifs is 1. The first-order chi connectivity index (χ1) is 8.60. The number of rotatable bonds is 3. The second kappa shape index (κ2) is 5.19. The van der Waals surface area contributed by atoms with E-state index in [0.29, 0.717) is 6.04 Å². The van der Waals surface area contributed by atoms with E-state index in [2.05, 4.69) is 30.1 Å². The Kier molecular flexibility index (Phi) is 3.63. The Bertz CT molecular complexity index is 502. The van der Waals surface area contributed by atoms with Crippen molar-refractivity contribution in [1.29, 1.82) is 5.26 Å². The molecule has 1 aromatic rings. The Balaban J connectivity index is 2.09. The Hall–Kier alpha value is -1.86. The second-order valence-corrected chi connectivity index (χ2v) is 4.87. The van der Waals surface area contributed by atoms with Gasteiger partial charge in [0.15, 0.2) is 0 Å². The minimum Gasteiger partial charge on any atom is -0.325 e. The van der Waals surface area contributed by atoms with Crippen molar-refractivity contribution in [3.8, 4) is 6.07 Å². The van der Waals surface area contributed by atoms with Crippen molar-refractivity contribution in [2.75, 3.05) is 5.32 Å². The molecule has 18 heavy (non-hydrogen) atoms.